The largest absolute Gasteiger partial charge is 0.347 e. The molecule has 2 N–H and O–H groups in total. The minimum atomic E-state index is 0.127. The number of nitrogens with one attached hydrogen (secondary N) is 2. The van der Waals surface area contributed by atoms with Crippen LogP contribution in [0.1, 0.15) is 19.4 Å². The minimum absolute atomic E-state index is 0.127. The molecule has 1 amide bonds. The number of hydrogen-bond donors (Lipinski definition) is 2. The van der Waals surface area contributed by atoms with Gasteiger partial charge in [-0.25, -0.2) is 0 Å². The molecule has 0 aliphatic carbocycles. The number of benzene rings is 1. The molecule has 0 fully saturated rings. The van der Waals surface area contributed by atoms with Gasteiger partial charge in [0.05, 0.1) is 13.1 Å². The summed E-state index contributed by atoms with van der Waals surface area (Å²) in [7, 11) is 0. The van der Waals surface area contributed by atoms with Crippen LogP contribution in [0.5, 0.6) is 0 Å². The maximum absolute atomic E-state index is 11.6. The molecule has 0 aliphatic heterocycles. The van der Waals surface area contributed by atoms with Crippen LogP contribution in [-0.2, 0) is 11.3 Å². The van der Waals surface area contributed by atoms with Crippen molar-refractivity contribution in [2.75, 3.05) is 19.6 Å². The fourth-order valence-electron chi connectivity index (χ4n) is 1.59. The van der Waals surface area contributed by atoms with Crippen LogP contribution in [-0.4, -0.2) is 25.5 Å². The average Bonchev–Trinajstić information content (AvgIpc) is 2.34. The summed E-state index contributed by atoms with van der Waals surface area (Å²) in [5, 5.41) is 2.94. The third kappa shape index (κ3) is 4.45. The zero-order valence-corrected chi connectivity index (χ0v) is 10.1. The normalized spacial score (nSPS) is 10.4. The third-order valence-corrected chi connectivity index (χ3v) is 2.74. The van der Waals surface area contributed by atoms with E-state index in [1.54, 1.807) is 0 Å². The number of rotatable bonds is 6. The lowest BCUT2D eigenvalue weighted by Gasteiger charge is -2.14. The van der Waals surface area contributed by atoms with Gasteiger partial charge in [0.15, 0.2) is 6.54 Å². The van der Waals surface area contributed by atoms with E-state index in [0.29, 0.717) is 13.1 Å². The molecular weight excluding hydrogens is 200 g/mol. The number of quaternary nitrogens is 1. The zero-order valence-electron chi connectivity index (χ0n) is 10.1. The van der Waals surface area contributed by atoms with Crippen LogP contribution in [0.2, 0.25) is 0 Å². The predicted octanol–water partition coefficient (Wildman–Crippen LogP) is 0.228. The van der Waals surface area contributed by atoms with E-state index in [4.69, 9.17) is 0 Å². The molecule has 0 unspecified atom stereocenters. The Balaban J connectivity index is 2.30. The van der Waals surface area contributed by atoms with Crippen molar-refractivity contribution in [1.82, 2.24) is 5.32 Å². The molecule has 1 aromatic rings. The van der Waals surface area contributed by atoms with Crippen molar-refractivity contribution in [2.24, 2.45) is 0 Å². The van der Waals surface area contributed by atoms with Gasteiger partial charge in [-0.3, -0.25) is 4.79 Å². The molecule has 3 nitrogen and oxygen atoms in total. The van der Waals surface area contributed by atoms with E-state index < -0.39 is 0 Å². The second-order valence-electron chi connectivity index (χ2n) is 3.90. The van der Waals surface area contributed by atoms with Gasteiger partial charge in [0.1, 0.15) is 0 Å². The SMILES string of the molecule is CC[NH+](CC)CC(=O)NCc1ccccc1. The lowest BCUT2D eigenvalue weighted by atomic mass is 10.2. The van der Waals surface area contributed by atoms with E-state index in [1.165, 1.54) is 4.90 Å². The fraction of sp³-hybridized carbons (Fsp3) is 0.462. The van der Waals surface area contributed by atoms with Crippen LogP contribution < -0.4 is 10.2 Å². The van der Waals surface area contributed by atoms with Crippen LogP contribution in [0.25, 0.3) is 0 Å². The maximum Gasteiger partial charge on any atom is 0.275 e. The summed E-state index contributed by atoms with van der Waals surface area (Å²) in [4.78, 5) is 12.9. The van der Waals surface area contributed by atoms with Crippen molar-refractivity contribution in [1.29, 1.82) is 0 Å². The topological polar surface area (TPSA) is 33.5 Å². The summed E-state index contributed by atoms with van der Waals surface area (Å²) in [5.41, 5.74) is 1.14. The van der Waals surface area contributed by atoms with E-state index in [1.807, 2.05) is 30.3 Å². The van der Waals surface area contributed by atoms with Crippen molar-refractivity contribution >= 4 is 5.91 Å². The summed E-state index contributed by atoms with van der Waals surface area (Å²) in [6.45, 7) is 7.39. The number of hydrogen-bond acceptors (Lipinski definition) is 1. The molecule has 0 bridgehead atoms. The van der Waals surface area contributed by atoms with Crippen molar-refractivity contribution in [2.45, 2.75) is 20.4 Å². The Hall–Kier alpha value is -1.35. The molecule has 1 rings (SSSR count). The first-order valence-corrected chi connectivity index (χ1v) is 5.90. The highest BCUT2D eigenvalue weighted by Gasteiger charge is 2.09. The Morgan fingerprint density at radius 3 is 2.38 bits per heavy atom. The van der Waals surface area contributed by atoms with Crippen LogP contribution >= 0.6 is 0 Å². The van der Waals surface area contributed by atoms with Gasteiger partial charge in [-0.15, -0.1) is 0 Å². The van der Waals surface area contributed by atoms with Gasteiger partial charge in [0.2, 0.25) is 0 Å². The van der Waals surface area contributed by atoms with E-state index in [-0.39, 0.29) is 5.91 Å². The Bertz CT molecular complexity index is 307. The summed E-state index contributed by atoms with van der Waals surface area (Å²) < 4.78 is 0. The predicted molar refractivity (Wildman–Crippen MR) is 65.2 cm³/mol. The van der Waals surface area contributed by atoms with E-state index in [0.717, 1.165) is 18.7 Å². The van der Waals surface area contributed by atoms with Crippen LogP contribution in [0, 0.1) is 0 Å². The van der Waals surface area contributed by atoms with E-state index >= 15 is 0 Å². The molecule has 3 heteroatoms. The molecule has 0 spiro atoms. The first-order valence-electron chi connectivity index (χ1n) is 5.90. The first-order chi connectivity index (χ1) is 7.76. The summed E-state index contributed by atoms with van der Waals surface area (Å²) in [5.74, 6) is 0.127. The standard InChI is InChI=1S/C13H20N2O/c1-3-15(4-2)11-13(16)14-10-12-8-6-5-7-9-12/h5-9H,3-4,10-11H2,1-2H3,(H,14,16)/p+1. The van der Waals surface area contributed by atoms with Gasteiger partial charge in [0.25, 0.3) is 5.91 Å². The van der Waals surface area contributed by atoms with Gasteiger partial charge < -0.3 is 10.2 Å². The highest BCUT2D eigenvalue weighted by molar-refractivity contribution is 5.76. The smallest absolute Gasteiger partial charge is 0.275 e. The Morgan fingerprint density at radius 1 is 1.19 bits per heavy atom. The second-order valence-corrected chi connectivity index (χ2v) is 3.90. The summed E-state index contributed by atoms with van der Waals surface area (Å²) in [6.07, 6.45) is 0. The van der Waals surface area contributed by atoms with Gasteiger partial charge >= 0.3 is 0 Å². The van der Waals surface area contributed by atoms with Gasteiger partial charge in [-0.05, 0) is 19.4 Å². The van der Waals surface area contributed by atoms with Crippen molar-refractivity contribution in [3.8, 4) is 0 Å². The lowest BCUT2D eigenvalue weighted by molar-refractivity contribution is -0.888. The highest BCUT2D eigenvalue weighted by atomic mass is 16.2. The molecule has 0 aromatic heterocycles. The number of likely N-dealkylation sites (N-methyl/N-ethyl adjacent to an activating group) is 1. The molecule has 0 aliphatic rings. The third-order valence-electron chi connectivity index (χ3n) is 2.74. The number of amides is 1. The molecule has 16 heavy (non-hydrogen) atoms. The summed E-state index contributed by atoms with van der Waals surface area (Å²) >= 11 is 0. The maximum atomic E-state index is 11.6. The Kier molecular flexibility index (Phi) is 5.57. The average molecular weight is 221 g/mol. The molecule has 0 radical (unpaired) electrons. The molecule has 1 aromatic carbocycles. The highest BCUT2D eigenvalue weighted by Crippen LogP contribution is 1.96. The second kappa shape index (κ2) is 7.01. The molecule has 0 heterocycles. The molecule has 88 valence electrons. The quantitative estimate of drug-likeness (QED) is 0.708. The van der Waals surface area contributed by atoms with Crippen LogP contribution in [0.15, 0.2) is 30.3 Å². The van der Waals surface area contributed by atoms with Gasteiger partial charge in [-0.1, -0.05) is 30.3 Å². The minimum Gasteiger partial charge on any atom is -0.347 e. The summed E-state index contributed by atoms with van der Waals surface area (Å²) in [6, 6.07) is 9.98. The fourth-order valence-corrected chi connectivity index (χ4v) is 1.59. The number of carbonyl (C=O) groups is 1. The molecule has 0 atom stereocenters. The van der Waals surface area contributed by atoms with E-state index in [2.05, 4.69) is 19.2 Å². The van der Waals surface area contributed by atoms with Crippen LogP contribution in [0.3, 0.4) is 0 Å². The van der Waals surface area contributed by atoms with E-state index in [9.17, 15) is 4.79 Å². The van der Waals surface area contributed by atoms with Crippen molar-refractivity contribution in [3.63, 3.8) is 0 Å². The molecule has 0 saturated heterocycles. The van der Waals surface area contributed by atoms with Crippen molar-refractivity contribution < 1.29 is 9.69 Å². The number of carbonyl (C=O) groups excluding carboxylic acids is 1. The first kappa shape index (κ1) is 12.7. The van der Waals surface area contributed by atoms with Gasteiger partial charge in [0, 0.05) is 6.54 Å². The molecular formula is C13H21N2O+. The van der Waals surface area contributed by atoms with Gasteiger partial charge in [-0.2, -0.15) is 0 Å². The monoisotopic (exact) mass is 221 g/mol. The lowest BCUT2D eigenvalue weighted by Crippen LogP contribution is -3.12. The Labute approximate surface area is 97.5 Å². The van der Waals surface area contributed by atoms with Crippen molar-refractivity contribution in [3.05, 3.63) is 35.9 Å². The molecule has 0 saturated carbocycles. The van der Waals surface area contributed by atoms with Crippen LogP contribution in [0.4, 0.5) is 0 Å². The Morgan fingerprint density at radius 2 is 1.81 bits per heavy atom. The zero-order chi connectivity index (χ0) is 11.8.